The second-order valence-electron chi connectivity index (χ2n) is 8.04. The molecular formula is C26H23FN2O6S. The van der Waals surface area contributed by atoms with Gasteiger partial charge in [0.2, 0.25) is 0 Å². The molecule has 2 heterocycles. The topological polar surface area (TPSA) is 106 Å². The number of esters is 1. The minimum atomic E-state index is -1.18. The van der Waals surface area contributed by atoms with E-state index in [0.717, 1.165) is 16.2 Å². The first-order valence-electron chi connectivity index (χ1n) is 11.0. The average molecular weight is 511 g/mol. The van der Waals surface area contributed by atoms with Crippen LogP contribution in [-0.2, 0) is 14.3 Å². The molecule has 1 aliphatic heterocycles. The van der Waals surface area contributed by atoms with Gasteiger partial charge < -0.3 is 14.6 Å². The van der Waals surface area contributed by atoms with Crippen molar-refractivity contribution in [3.8, 4) is 5.75 Å². The zero-order valence-electron chi connectivity index (χ0n) is 20.0. The lowest BCUT2D eigenvalue weighted by molar-refractivity contribution is -0.132. The number of aryl methyl sites for hydroxylation is 2. The summed E-state index contributed by atoms with van der Waals surface area (Å²) in [6.45, 7) is 5.17. The zero-order valence-corrected chi connectivity index (χ0v) is 20.8. The van der Waals surface area contributed by atoms with Gasteiger partial charge in [0, 0.05) is 5.56 Å². The van der Waals surface area contributed by atoms with Crippen LogP contribution in [0.1, 0.15) is 45.0 Å². The van der Waals surface area contributed by atoms with Gasteiger partial charge in [-0.2, -0.15) is 0 Å². The van der Waals surface area contributed by atoms with E-state index < -0.39 is 35.3 Å². The minimum Gasteiger partial charge on any atom is -0.507 e. The van der Waals surface area contributed by atoms with E-state index in [2.05, 4.69) is 4.98 Å². The third kappa shape index (κ3) is 4.35. The molecule has 4 rings (SSSR count). The fourth-order valence-electron chi connectivity index (χ4n) is 4.07. The number of rotatable bonds is 6. The van der Waals surface area contributed by atoms with Gasteiger partial charge in [0.1, 0.15) is 22.2 Å². The summed E-state index contributed by atoms with van der Waals surface area (Å²) in [7, 11) is 1.51. The lowest BCUT2D eigenvalue weighted by Crippen LogP contribution is -2.29. The molecule has 1 aromatic heterocycles. The minimum absolute atomic E-state index is 0.0527. The molecule has 36 heavy (non-hydrogen) atoms. The molecule has 10 heteroatoms. The Hall–Kier alpha value is -4.05. The largest absolute Gasteiger partial charge is 0.507 e. The quantitative estimate of drug-likeness (QED) is 0.222. The van der Waals surface area contributed by atoms with Gasteiger partial charge in [0.05, 0.1) is 31.0 Å². The molecule has 1 saturated heterocycles. The molecule has 0 saturated carbocycles. The summed E-state index contributed by atoms with van der Waals surface area (Å²) >= 11 is 0.883. The second kappa shape index (κ2) is 9.90. The second-order valence-corrected chi connectivity index (χ2v) is 9.02. The van der Waals surface area contributed by atoms with Crippen LogP contribution in [0.5, 0.6) is 5.75 Å². The number of benzene rings is 2. The molecule has 0 radical (unpaired) electrons. The van der Waals surface area contributed by atoms with E-state index in [4.69, 9.17) is 9.47 Å². The number of hydrogen-bond acceptors (Lipinski definition) is 8. The average Bonchev–Trinajstić information content (AvgIpc) is 3.35. The zero-order chi connectivity index (χ0) is 26.1. The third-order valence-corrected chi connectivity index (χ3v) is 6.87. The molecule has 186 valence electrons. The van der Waals surface area contributed by atoms with Crippen LogP contribution in [0.25, 0.3) is 5.76 Å². The summed E-state index contributed by atoms with van der Waals surface area (Å²) < 4.78 is 24.6. The highest BCUT2D eigenvalue weighted by atomic mass is 32.1. The molecule has 1 atom stereocenters. The standard InChI is InChI=1S/C26H23FN2O6S/c1-5-35-25(33)23-14(3)28-26(36-23)29-20(15-7-6-8-17(27)12-15)19(22(31)24(29)32)21(30)16-9-10-18(34-4)13(2)11-16/h6-12,20,30H,5H2,1-4H3. The number of carbonyl (C=O) groups excluding carboxylic acids is 3. The number of methoxy groups -OCH3 is 1. The van der Waals surface area contributed by atoms with Crippen molar-refractivity contribution in [3.05, 3.63) is 81.1 Å². The van der Waals surface area contributed by atoms with E-state index in [1.165, 1.54) is 25.3 Å². The molecule has 1 unspecified atom stereocenters. The molecular weight excluding hydrogens is 487 g/mol. The van der Waals surface area contributed by atoms with E-state index in [9.17, 15) is 23.9 Å². The van der Waals surface area contributed by atoms with Crippen LogP contribution >= 0.6 is 11.3 Å². The fraction of sp³-hybridized carbons (Fsp3) is 0.231. The highest BCUT2D eigenvalue weighted by molar-refractivity contribution is 7.17. The van der Waals surface area contributed by atoms with Crippen molar-refractivity contribution < 1.29 is 33.4 Å². The van der Waals surface area contributed by atoms with Crippen LogP contribution in [-0.4, -0.2) is 41.5 Å². The molecule has 8 nitrogen and oxygen atoms in total. The molecule has 0 spiro atoms. The lowest BCUT2D eigenvalue weighted by atomic mass is 9.95. The van der Waals surface area contributed by atoms with Crippen LogP contribution in [0.4, 0.5) is 9.52 Å². The van der Waals surface area contributed by atoms with Gasteiger partial charge in [0.15, 0.2) is 5.13 Å². The summed E-state index contributed by atoms with van der Waals surface area (Å²) in [6.07, 6.45) is 0. The number of ether oxygens (including phenoxy) is 2. The highest BCUT2D eigenvalue weighted by Crippen LogP contribution is 2.44. The Balaban J connectivity index is 1.92. The number of thiazole rings is 1. The summed E-state index contributed by atoms with van der Waals surface area (Å²) in [5, 5.41) is 11.3. The Morgan fingerprint density at radius 3 is 2.58 bits per heavy atom. The van der Waals surface area contributed by atoms with E-state index in [-0.39, 0.29) is 33.3 Å². The number of halogens is 1. The van der Waals surface area contributed by atoms with Crippen LogP contribution < -0.4 is 9.64 Å². The monoisotopic (exact) mass is 510 g/mol. The maximum atomic E-state index is 14.2. The van der Waals surface area contributed by atoms with Crippen molar-refractivity contribution in [3.63, 3.8) is 0 Å². The van der Waals surface area contributed by atoms with Gasteiger partial charge in [-0.15, -0.1) is 0 Å². The Bertz CT molecular complexity index is 1410. The molecule has 0 aliphatic carbocycles. The van der Waals surface area contributed by atoms with Gasteiger partial charge in [0.25, 0.3) is 5.78 Å². The van der Waals surface area contributed by atoms with Crippen molar-refractivity contribution in [2.24, 2.45) is 0 Å². The maximum Gasteiger partial charge on any atom is 0.350 e. The first-order valence-corrected chi connectivity index (χ1v) is 11.9. The number of hydrogen-bond donors (Lipinski definition) is 1. The fourth-order valence-corrected chi connectivity index (χ4v) is 5.06. The SMILES string of the molecule is CCOC(=O)c1sc(N2C(=O)C(=O)C(=C(O)c3ccc(OC)c(C)c3)C2c2cccc(F)c2)nc1C. The number of carbonyl (C=O) groups is 3. The number of ketones is 1. The number of Topliss-reactive ketones (excluding diaryl/α,β-unsaturated/α-hetero) is 1. The van der Waals surface area contributed by atoms with E-state index in [1.807, 2.05) is 0 Å². The molecule has 2 aromatic carbocycles. The van der Waals surface area contributed by atoms with Gasteiger partial charge in [-0.1, -0.05) is 23.5 Å². The van der Waals surface area contributed by atoms with Crippen molar-refractivity contribution >= 4 is 39.9 Å². The number of aromatic nitrogens is 1. The van der Waals surface area contributed by atoms with Crippen molar-refractivity contribution in [2.45, 2.75) is 26.8 Å². The predicted octanol–water partition coefficient (Wildman–Crippen LogP) is 4.71. The number of aliphatic hydroxyl groups excluding tert-OH is 1. The van der Waals surface area contributed by atoms with Gasteiger partial charge in [-0.25, -0.2) is 14.2 Å². The van der Waals surface area contributed by atoms with Crippen molar-refractivity contribution in [1.82, 2.24) is 4.98 Å². The summed E-state index contributed by atoms with van der Waals surface area (Å²) in [5.74, 6) is -2.94. The Kier molecular flexibility index (Phi) is 6.89. The van der Waals surface area contributed by atoms with Gasteiger partial charge in [-0.3, -0.25) is 14.5 Å². The first-order chi connectivity index (χ1) is 17.2. The number of nitrogens with zero attached hydrogens (tertiary/aromatic N) is 2. The third-order valence-electron chi connectivity index (χ3n) is 5.73. The molecule has 1 aliphatic rings. The van der Waals surface area contributed by atoms with E-state index in [0.29, 0.717) is 17.0 Å². The number of anilines is 1. The normalized spacial score (nSPS) is 16.9. The molecule has 1 amide bonds. The smallest absolute Gasteiger partial charge is 0.350 e. The van der Waals surface area contributed by atoms with E-state index >= 15 is 0 Å². The summed E-state index contributed by atoms with van der Waals surface area (Å²) in [6, 6.07) is 9.04. The Morgan fingerprint density at radius 1 is 1.19 bits per heavy atom. The van der Waals surface area contributed by atoms with Crippen LogP contribution in [0.15, 0.2) is 48.0 Å². The van der Waals surface area contributed by atoms with E-state index in [1.54, 1.807) is 45.0 Å². The Labute approximate surface area is 210 Å². The molecule has 3 aromatic rings. The Morgan fingerprint density at radius 2 is 1.94 bits per heavy atom. The predicted molar refractivity (Wildman–Crippen MR) is 132 cm³/mol. The van der Waals surface area contributed by atoms with Gasteiger partial charge in [-0.05, 0) is 62.2 Å². The molecule has 1 N–H and O–H groups in total. The number of amides is 1. The molecule has 0 bridgehead atoms. The van der Waals surface area contributed by atoms with Crippen LogP contribution in [0, 0.1) is 19.7 Å². The maximum absolute atomic E-state index is 14.2. The molecule has 1 fully saturated rings. The summed E-state index contributed by atoms with van der Waals surface area (Å²) in [4.78, 5) is 44.5. The van der Waals surface area contributed by atoms with Crippen molar-refractivity contribution in [2.75, 3.05) is 18.6 Å². The highest BCUT2D eigenvalue weighted by Gasteiger charge is 2.48. The van der Waals surface area contributed by atoms with Crippen LogP contribution in [0.3, 0.4) is 0 Å². The van der Waals surface area contributed by atoms with Gasteiger partial charge >= 0.3 is 11.9 Å². The van der Waals surface area contributed by atoms with Crippen molar-refractivity contribution in [1.29, 1.82) is 0 Å². The lowest BCUT2D eigenvalue weighted by Gasteiger charge is -2.23. The first kappa shape index (κ1) is 25.1. The summed E-state index contributed by atoms with van der Waals surface area (Å²) in [5.41, 5.74) is 1.34. The number of aliphatic hydroxyl groups is 1. The van der Waals surface area contributed by atoms with Crippen LogP contribution in [0.2, 0.25) is 0 Å².